The molecular weight excluding hydrogens is 224 g/mol. The smallest absolute Gasteiger partial charge is 0.220 e. The summed E-state index contributed by atoms with van der Waals surface area (Å²) >= 11 is 0. The van der Waals surface area contributed by atoms with Crippen molar-refractivity contribution in [2.75, 3.05) is 0 Å². The molecule has 2 nitrogen and oxygen atoms in total. The highest BCUT2D eigenvalue weighted by Gasteiger charge is 2.13. The summed E-state index contributed by atoms with van der Waals surface area (Å²) in [7, 11) is 0. The molecule has 0 saturated carbocycles. The molecule has 0 saturated heterocycles. The van der Waals surface area contributed by atoms with Crippen LogP contribution in [-0.2, 0) is 11.2 Å². The summed E-state index contributed by atoms with van der Waals surface area (Å²) in [5.74, 6) is -1.22. The first-order valence-corrected chi connectivity index (χ1v) is 5.76. The molecule has 0 heterocycles. The molecule has 1 atom stereocenters. The van der Waals surface area contributed by atoms with Gasteiger partial charge in [-0.1, -0.05) is 13.0 Å². The third-order valence-electron chi connectivity index (χ3n) is 2.46. The predicted octanol–water partition coefficient (Wildman–Crippen LogP) is 2.81. The van der Waals surface area contributed by atoms with Gasteiger partial charge in [0.1, 0.15) is 11.6 Å². The number of hydrogen-bond donors (Lipinski definition) is 1. The summed E-state index contributed by atoms with van der Waals surface area (Å²) in [4.78, 5) is 11.3. The van der Waals surface area contributed by atoms with Gasteiger partial charge in [0, 0.05) is 18.0 Å². The second kappa shape index (κ2) is 6.33. The lowest BCUT2D eigenvalue weighted by Crippen LogP contribution is -2.34. The monoisotopic (exact) mass is 241 g/mol. The van der Waals surface area contributed by atoms with Crippen molar-refractivity contribution in [1.82, 2.24) is 5.32 Å². The molecule has 0 bridgehead atoms. The van der Waals surface area contributed by atoms with Crippen LogP contribution in [0.2, 0.25) is 0 Å². The van der Waals surface area contributed by atoms with Crippen molar-refractivity contribution < 1.29 is 13.6 Å². The van der Waals surface area contributed by atoms with Crippen LogP contribution in [0.1, 0.15) is 32.3 Å². The van der Waals surface area contributed by atoms with E-state index in [0.717, 1.165) is 6.42 Å². The molecule has 0 aliphatic rings. The van der Waals surface area contributed by atoms with Crippen LogP contribution in [0.15, 0.2) is 18.2 Å². The minimum absolute atomic E-state index is 0.0248. The van der Waals surface area contributed by atoms with Crippen molar-refractivity contribution in [2.24, 2.45) is 0 Å². The van der Waals surface area contributed by atoms with Crippen molar-refractivity contribution in [3.8, 4) is 0 Å². The molecule has 0 aliphatic carbocycles. The number of amides is 1. The van der Waals surface area contributed by atoms with Crippen molar-refractivity contribution in [3.05, 3.63) is 35.4 Å². The van der Waals surface area contributed by atoms with E-state index in [1.165, 1.54) is 18.2 Å². The molecule has 0 radical (unpaired) electrons. The van der Waals surface area contributed by atoms with Gasteiger partial charge in [-0.25, -0.2) is 8.78 Å². The van der Waals surface area contributed by atoms with E-state index in [1.807, 2.05) is 6.92 Å². The molecule has 1 N–H and O–H groups in total. The Balaban J connectivity index is 2.62. The normalized spacial score (nSPS) is 12.2. The Labute approximate surface area is 100 Å². The maximum atomic E-state index is 13.3. The zero-order valence-electron chi connectivity index (χ0n) is 10.1. The molecule has 0 aromatic heterocycles. The molecule has 0 fully saturated rings. The average molecular weight is 241 g/mol. The number of benzene rings is 1. The van der Waals surface area contributed by atoms with Crippen molar-refractivity contribution in [2.45, 2.75) is 39.2 Å². The van der Waals surface area contributed by atoms with Crippen LogP contribution in [0.5, 0.6) is 0 Å². The van der Waals surface area contributed by atoms with Crippen LogP contribution < -0.4 is 5.32 Å². The number of rotatable bonds is 5. The van der Waals surface area contributed by atoms with Gasteiger partial charge in [0.25, 0.3) is 0 Å². The fraction of sp³-hybridized carbons (Fsp3) is 0.462. The first-order chi connectivity index (χ1) is 8.04. The first kappa shape index (κ1) is 13.6. The van der Waals surface area contributed by atoms with Gasteiger partial charge in [-0.3, -0.25) is 4.79 Å². The molecule has 0 spiro atoms. The number of hydrogen-bond acceptors (Lipinski definition) is 1. The largest absolute Gasteiger partial charge is 0.353 e. The summed E-state index contributed by atoms with van der Waals surface area (Å²) in [5, 5.41) is 2.71. The first-order valence-electron chi connectivity index (χ1n) is 5.76. The van der Waals surface area contributed by atoms with E-state index in [1.54, 1.807) is 6.92 Å². The highest BCUT2D eigenvalue weighted by Crippen LogP contribution is 2.14. The van der Waals surface area contributed by atoms with Crippen LogP contribution in [0.4, 0.5) is 8.78 Å². The van der Waals surface area contributed by atoms with E-state index in [9.17, 15) is 13.6 Å². The van der Waals surface area contributed by atoms with Crippen LogP contribution in [0, 0.1) is 11.6 Å². The minimum atomic E-state index is -0.568. The third kappa shape index (κ3) is 4.13. The van der Waals surface area contributed by atoms with E-state index >= 15 is 0 Å². The second-order valence-corrected chi connectivity index (χ2v) is 4.12. The minimum Gasteiger partial charge on any atom is -0.353 e. The number of carbonyl (C=O) groups is 1. The van der Waals surface area contributed by atoms with Crippen LogP contribution in [0.3, 0.4) is 0 Å². The Morgan fingerprint density at radius 2 is 1.94 bits per heavy atom. The number of nitrogens with one attached hydrogen (secondary N) is 1. The lowest BCUT2D eigenvalue weighted by molar-refractivity contribution is -0.121. The van der Waals surface area contributed by atoms with Crippen LogP contribution in [0.25, 0.3) is 0 Å². The van der Waals surface area contributed by atoms with Gasteiger partial charge in [-0.2, -0.15) is 0 Å². The maximum Gasteiger partial charge on any atom is 0.220 e. The average Bonchev–Trinajstić information content (AvgIpc) is 2.24. The molecule has 0 aliphatic heterocycles. The zero-order valence-corrected chi connectivity index (χ0v) is 10.1. The fourth-order valence-corrected chi connectivity index (χ4v) is 1.66. The van der Waals surface area contributed by atoms with E-state index in [4.69, 9.17) is 0 Å². The topological polar surface area (TPSA) is 29.1 Å². The molecule has 17 heavy (non-hydrogen) atoms. The molecule has 94 valence electrons. The summed E-state index contributed by atoms with van der Waals surface area (Å²) < 4.78 is 26.7. The molecule has 1 aromatic carbocycles. The van der Waals surface area contributed by atoms with Gasteiger partial charge >= 0.3 is 0 Å². The third-order valence-corrected chi connectivity index (χ3v) is 2.46. The van der Waals surface area contributed by atoms with Gasteiger partial charge in [-0.05, 0) is 31.9 Å². The standard InChI is InChI=1S/C13H17F2NO/c1-3-5-13(17)16-9(2)8-10-11(14)6-4-7-12(10)15/h4,6-7,9H,3,5,8H2,1-2H3,(H,16,17). The van der Waals surface area contributed by atoms with Gasteiger partial charge in [0.05, 0.1) is 0 Å². The van der Waals surface area contributed by atoms with Crippen molar-refractivity contribution >= 4 is 5.91 Å². The van der Waals surface area contributed by atoms with E-state index in [0.29, 0.717) is 6.42 Å². The Morgan fingerprint density at radius 3 is 2.47 bits per heavy atom. The lowest BCUT2D eigenvalue weighted by atomic mass is 10.1. The number of halogens is 2. The molecule has 4 heteroatoms. The summed E-state index contributed by atoms with van der Waals surface area (Å²) in [5.41, 5.74) is 0.0248. The van der Waals surface area contributed by atoms with Gasteiger partial charge in [-0.15, -0.1) is 0 Å². The number of carbonyl (C=O) groups excluding carboxylic acids is 1. The van der Waals surface area contributed by atoms with Gasteiger partial charge in [0.2, 0.25) is 5.91 Å². The predicted molar refractivity (Wildman–Crippen MR) is 62.6 cm³/mol. The molecular formula is C13H17F2NO. The lowest BCUT2D eigenvalue weighted by Gasteiger charge is -2.14. The summed E-state index contributed by atoms with van der Waals surface area (Å²) in [6.45, 7) is 3.64. The SMILES string of the molecule is CCCC(=O)NC(C)Cc1c(F)cccc1F. The Morgan fingerprint density at radius 1 is 1.35 bits per heavy atom. The van der Waals surface area contributed by atoms with E-state index < -0.39 is 11.6 Å². The highest BCUT2D eigenvalue weighted by molar-refractivity contribution is 5.76. The van der Waals surface area contributed by atoms with Gasteiger partial charge < -0.3 is 5.32 Å². The molecule has 1 rings (SSSR count). The van der Waals surface area contributed by atoms with Crippen molar-refractivity contribution in [3.63, 3.8) is 0 Å². The van der Waals surface area contributed by atoms with Crippen molar-refractivity contribution in [1.29, 1.82) is 0 Å². The quantitative estimate of drug-likeness (QED) is 0.843. The van der Waals surface area contributed by atoms with Crippen LogP contribution >= 0.6 is 0 Å². The molecule has 1 unspecified atom stereocenters. The van der Waals surface area contributed by atoms with E-state index in [-0.39, 0.29) is 23.9 Å². The summed E-state index contributed by atoms with van der Waals surface area (Å²) in [6, 6.07) is 3.49. The Hall–Kier alpha value is -1.45. The second-order valence-electron chi connectivity index (χ2n) is 4.12. The zero-order chi connectivity index (χ0) is 12.8. The van der Waals surface area contributed by atoms with E-state index in [2.05, 4.69) is 5.32 Å². The molecule has 1 amide bonds. The van der Waals surface area contributed by atoms with Gasteiger partial charge in [0.15, 0.2) is 0 Å². The highest BCUT2D eigenvalue weighted by atomic mass is 19.1. The Kier molecular flexibility index (Phi) is 5.07. The Bertz CT molecular complexity index is 373. The maximum absolute atomic E-state index is 13.3. The fourth-order valence-electron chi connectivity index (χ4n) is 1.66. The van der Waals surface area contributed by atoms with Crippen LogP contribution in [-0.4, -0.2) is 11.9 Å². The summed E-state index contributed by atoms with van der Waals surface area (Å²) in [6.07, 6.45) is 1.35. The molecule has 1 aromatic rings.